The summed E-state index contributed by atoms with van der Waals surface area (Å²) < 4.78 is 21.6. The maximum absolute atomic E-state index is 12.1. The van der Waals surface area contributed by atoms with Crippen molar-refractivity contribution in [1.29, 1.82) is 0 Å². The molecule has 0 saturated heterocycles. The third-order valence-corrected chi connectivity index (χ3v) is 3.59. The molecule has 122 valence electrons. The van der Waals surface area contributed by atoms with Gasteiger partial charge in [0.15, 0.2) is 23.0 Å². The van der Waals surface area contributed by atoms with Crippen molar-refractivity contribution in [3.63, 3.8) is 0 Å². The maximum atomic E-state index is 12.1. The third-order valence-electron chi connectivity index (χ3n) is 3.59. The molecule has 2 aliphatic rings. The van der Waals surface area contributed by atoms with Crippen molar-refractivity contribution in [2.75, 3.05) is 13.4 Å². The number of nitrogens with one attached hydrogen (secondary N) is 1. The van der Waals surface area contributed by atoms with E-state index in [0.717, 1.165) is 5.56 Å². The summed E-state index contributed by atoms with van der Waals surface area (Å²) >= 11 is 0. The van der Waals surface area contributed by atoms with Crippen LogP contribution in [0.4, 0.5) is 0 Å². The van der Waals surface area contributed by atoms with Crippen LogP contribution < -0.4 is 24.4 Å². The van der Waals surface area contributed by atoms with E-state index in [1.165, 1.54) is 6.21 Å². The number of hydrogen-bond acceptors (Lipinski definition) is 6. The predicted octanol–water partition coefficient (Wildman–Crippen LogP) is 1.71. The van der Waals surface area contributed by atoms with Gasteiger partial charge in [0.25, 0.3) is 5.91 Å². The third kappa shape index (κ3) is 2.83. The number of carbonyl (C=O) groups excluding carboxylic acids is 1. The quantitative estimate of drug-likeness (QED) is 0.686. The van der Waals surface area contributed by atoms with Crippen molar-refractivity contribution in [2.24, 2.45) is 5.10 Å². The highest BCUT2D eigenvalue weighted by Gasteiger charge is 2.27. The van der Waals surface area contributed by atoms with Crippen molar-refractivity contribution in [2.45, 2.75) is 6.10 Å². The molecule has 0 radical (unpaired) electrons. The number of rotatable bonds is 3. The van der Waals surface area contributed by atoms with Crippen molar-refractivity contribution in [1.82, 2.24) is 5.43 Å². The SMILES string of the molecule is O=C(NN=Cc1ccc2c(c1)OCO2)[C@@H]1COc2ccccc2O1. The Kier molecular flexibility index (Phi) is 3.66. The van der Waals surface area contributed by atoms with E-state index in [4.69, 9.17) is 18.9 Å². The van der Waals surface area contributed by atoms with E-state index >= 15 is 0 Å². The average molecular weight is 326 g/mol. The van der Waals surface area contributed by atoms with E-state index in [2.05, 4.69) is 10.5 Å². The van der Waals surface area contributed by atoms with E-state index in [-0.39, 0.29) is 19.3 Å². The number of hydrogen-bond donors (Lipinski definition) is 1. The van der Waals surface area contributed by atoms with E-state index in [1.54, 1.807) is 24.3 Å². The highest BCUT2D eigenvalue weighted by atomic mass is 16.7. The number of benzene rings is 2. The van der Waals surface area contributed by atoms with Crippen LogP contribution in [0.1, 0.15) is 5.56 Å². The first-order valence-corrected chi connectivity index (χ1v) is 7.41. The Morgan fingerprint density at radius 3 is 2.75 bits per heavy atom. The van der Waals surface area contributed by atoms with Gasteiger partial charge in [-0.25, -0.2) is 5.43 Å². The Morgan fingerprint density at radius 1 is 1.04 bits per heavy atom. The molecule has 4 rings (SSSR count). The molecule has 0 aliphatic carbocycles. The number of fused-ring (bicyclic) bond motifs is 2. The molecule has 2 aliphatic heterocycles. The molecule has 0 bridgehead atoms. The molecular weight excluding hydrogens is 312 g/mol. The lowest BCUT2D eigenvalue weighted by atomic mass is 10.2. The largest absolute Gasteiger partial charge is 0.485 e. The number of nitrogens with zero attached hydrogens (tertiary/aromatic N) is 1. The molecule has 0 fully saturated rings. The van der Waals surface area contributed by atoms with Gasteiger partial charge in [-0.3, -0.25) is 4.79 Å². The van der Waals surface area contributed by atoms with Gasteiger partial charge in [-0.05, 0) is 35.9 Å². The molecule has 0 aromatic heterocycles. The second-order valence-electron chi connectivity index (χ2n) is 5.21. The molecule has 2 heterocycles. The minimum Gasteiger partial charge on any atom is -0.485 e. The fourth-order valence-electron chi connectivity index (χ4n) is 2.38. The molecule has 7 heteroatoms. The smallest absolute Gasteiger partial charge is 0.284 e. The normalized spacial score (nSPS) is 17.8. The molecule has 0 saturated carbocycles. The Bertz CT molecular complexity index is 805. The first-order chi connectivity index (χ1) is 11.8. The van der Waals surface area contributed by atoms with Crippen molar-refractivity contribution in [3.05, 3.63) is 48.0 Å². The Hall–Kier alpha value is -3.22. The van der Waals surface area contributed by atoms with Gasteiger partial charge in [-0.15, -0.1) is 0 Å². The van der Waals surface area contributed by atoms with Crippen molar-refractivity contribution < 1.29 is 23.7 Å². The highest BCUT2D eigenvalue weighted by Crippen LogP contribution is 2.32. The molecule has 1 N–H and O–H groups in total. The molecule has 0 unspecified atom stereocenters. The van der Waals surface area contributed by atoms with Crippen LogP contribution >= 0.6 is 0 Å². The van der Waals surface area contributed by atoms with Crippen LogP contribution in [0.2, 0.25) is 0 Å². The van der Waals surface area contributed by atoms with Gasteiger partial charge >= 0.3 is 0 Å². The topological polar surface area (TPSA) is 78.4 Å². The summed E-state index contributed by atoms with van der Waals surface area (Å²) in [5, 5.41) is 3.94. The molecule has 2 aromatic rings. The molecule has 7 nitrogen and oxygen atoms in total. The van der Waals surface area contributed by atoms with E-state index in [1.807, 2.05) is 18.2 Å². The summed E-state index contributed by atoms with van der Waals surface area (Å²) in [5.41, 5.74) is 3.24. The summed E-state index contributed by atoms with van der Waals surface area (Å²) in [7, 11) is 0. The second-order valence-corrected chi connectivity index (χ2v) is 5.21. The van der Waals surface area contributed by atoms with Gasteiger partial charge in [0.2, 0.25) is 12.9 Å². The maximum Gasteiger partial charge on any atom is 0.284 e. The van der Waals surface area contributed by atoms with E-state index in [0.29, 0.717) is 23.0 Å². The van der Waals surface area contributed by atoms with E-state index in [9.17, 15) is 4.79 Å². The molecule has 24 heavy (non-hydrogen) atoms. The summed E-state index contributed by atoms with van der Waals surface area (Å²) in [6.07, 6.45) is 0.783. The number of para-hydroxylation sites is 2. The fourth-order valence-corrected chi connectivity index (χ4v) is 2.38. The summed E-state index contributed by atoms with van der Waals surface area (Å²) in [6.45, 7) is 0.357. The zero-order valence-corrected chi connectivity index (χ0v) is 12.6. The molecule has 0 spiro atoms. The number of amides is 1. The average Bonchev–Trinajstić information content (AvgIpc) is 3.09. The summed E-state index contributed by atoms with van der Waals surface area (Å²) in [5.74, 6) is 2.16. The molecule has 1 amide bonds. The van der Waals surface area contributed by atoms with Crippen LogP contribution in [0.25, 0.3) is 0 Å². The zero-order chi connectivity index (χ0) is 16.4. The second kappa shape index (κ2) is 6.11. The van der Waals surface area contributed by atoms with Crippen molar-refractivity contribution in [3.8, 4) is 23.0 Å². The first-order valence-electron chi connectivity index (χ1n) is 7.41. The Morgan fingerprint density at radius 2 is 1.83 bits per heavy atom. The first kappa shape index (κ1) is 14.4. The van der Waals surface area contributed by atoms with Crippen LogP contribution in [0.15, 0.2) is 47.6 Å². The van der Waals surface area contributed by atoms with Crippen LogP contribution in [0, 0.1) is 0 Å². The molecule has 2 aromatic carbocycles. The predicted molar refractivity (Wildman–Crippen MR) is 84.7 cm³/mol. The zero-order valence-electron chi connectivity index (χ0n) is 12.6. The van der Waals surface area contributed by atoms with Crippen LogP contribution in [0.3, 0.4) is 0 Å². The van der Waals surface area contributed by atoms with Gasteiger partial charge in [0.05, 0.1) is 6.21 Å². The molecular formula is C17H14N2O5. The van der Waals surface area contributed by atoms with Gasteiger partial charge in [0, 0.05) is 0 Å². The summed E-state index contributed by atoms with van der Waals surface area (Å²) in [4.78, 5) is 12.1. The monoisotopic (exact) mass is 326 g/mol. The standard InChI is InChI=1S/C17H14N2O5/c20-17(16-9-21-12-3-1-2-4-14(12)24-16)19-18-8-11-5-6-13-15(7-11)23-10-22-13/h1-8,16H,9-10H2,(H,19,20)/t16-/m0/s1. The van der Waals surface area contributed by atoms with Gasteiger partial charge < -0.3 is 18.9 Å². The molecule has 1 atom stereocenters. The van der Waals surface area contributed by atoms with Gasteiger partial charge in [0.1, 0.15) is 6.61 Å². The fraction of sp³-hybridized carbons (Fsp3) is 0.176. The minimum atomic E-state index is -0.742. The summed E-state index contributed by atoms with van der Waals surface area (Å²) in [6, 6.07) is 12.6. The van der Waals surface area contributed by atoms with Crippen LogP contribution in [-0.2, 0) is 4.79 Å². The van der Waals surface area contributed by atoms with Crippen LogP contribution in [0.5, 0.6) is 23.0 Å². The highest BCUT2D eigenvalue weighted by molar-refractivity contribution is 5.85. The Labute approximate surface area is 137 Å². The lowest BCUT2D eigenvalue weighted by molar-refractivity contribution is -0.130. The van der Waals surface area contributed by atoms with Gasteiger partial charge in [-0.2, -0.15) is 5.10 Å². The number of carbonyl (C=O) groups is 1. The van der Waals surface area contributed by atoms with E-state index < -0.39 is 6.10 Å². The lowest BCUT2D eigenvalue weighted by Gasteiger charge is -2.24. The van der Waals surface area contributed by atoms with Crippen LogP contribution in [-0.4, -0.2) is 31.6 Å². The number of hydrazone groups is 1. The Balaban J connectivity index is 1.37. The number of ether oxygens (including phenoxy) is 4. The van der Waals surface area contributed by atoms with Gasteiger partial charge in [-0.1, -0.05) is 12.1 Å². The van der Waals surface area contributed by atoms with Crippen molar-refractivity contribution >= 4 is 12.1 Å². The lowest BCUT2D eigenvalue weighted by Crippen LogP contribution is -2.42. The minimum absolute atomic E-state index is 0.141.